The fourth-order valence-corrected chi connectivity index (χ4v) is 2.52. The van der Waals surface area contributed by atoms with E-state index in [1.165, 1.54) is 19.3 Å². The molecule has 0 aromatic heterocycles. The Labute approximate surface area is 111 Å². The van der Waals surface area contributed by atoms with Crippen LogP contribution in [0, 0.1) is 0 Å². The molecular formula is C14H28N2O2. The van der Waals surface area contributed by atoms with Crippen LogP contribution >= 0.6 is 0 Å². The topological polar surface area (TPSA) is 52.6 Å². The van der Waals surface area contributed by atoms with Crippen molar-refractivity contribution in [3.05, 3.63) is 0 Å². The highest BCUT2D eigenvalue weighted by atomic mass is 16.3. The fourth-order valence-electron chi connectivity index (χ4n) is 2.52. The first kappa shape index (κ1) is 15.4. The van der Waals surface area contributed by atoms with E-state index >= 15 is 0 Å². The SMILES string of the molecule is CCCCN(CCO)CC(=O)NC1CCCCC1. The van der Waals surface area contributed by atoms with Gasteiger partial charge in [0.1, 0.15) is 0 Å². The number of carbonyl (C=O) groups is 1. The van der Waals surface area contributed by atoms with E-state index in [9.17, 15) is 4.79 Å². The molecule has 0 radical (unpaired) electrons. The predicted molar refractivity (Wildman–Crippen MR) is 73.4 cm³/mol. The van der Waals surface area contributed by atoms with Crippen molar-refractivity contribution < 1.29 is 9.90 Å². The lowest BCUT2D eigenvalue weighted by atomic mass is 9.95. The number of hydrogen-bond donors (Lipinski definition) is 2. The lowest BCUT2D eigenvalue weighted by Crippen LogP contribution is -2.43. The summed E-state index contributed by atoms with van der Waals surface area (Å²) in [6.45, 7) is 4.18. The standard InChI is InChI=1S/C14H28N2O2/c1-2-3-9-16(10-11-17)12-14(18)15-13-7-5-4-6-8-13/h13,17H,2-12H2,1H3,(H,15,18). The van der Waals surface area contributed by atoms with Crippen LogP contribution in [0.4, 0.5) is 0 Å². The van der Waals surface area contributed by atoms with Gasteiger partial charge in [-0.2, -0.15) is 0 Å². The van der Waals surface area contributed by atoms with Gasteiger partial charge in [0.05, 0.1) is 13.2 Å². The molecule has 1 aliphatic carbocycles. The summed E-state index contributed by atoms with van der Waals surface area (Å²) in [5.41, 5.74) is 0. The van der Waals surface area contributed by atoms with Crippen LogP contribution in [0.25, 0.3) is 0 Å². The van der Waals surface area contributed by atoms with E-state index in [0.29, 0.717) is 19.1 Å². The van der Waals surface area contributed by atoms with Crippen molar-refractivity contribution in [3.8, 4) is 0 Å². The van der Waals surface area contributed by atoms with Crippen LogP contribution in [0.1, 0.15) is 51.9 Å². The molecule has 4 nitrogen and oxygen atoms in total. The Hall–Kier alpha value is -0.610. The monoisotopic (exact) mass is 256 g/mol. The minimum absolute atomic E-state index is 0.117. The molecule has 1 fully saturated rings. The largest absolute Gasteiger partial charge is 0.395 e. The molecule has 0 spiro atoms. The average molecular weight is 256 g/mol. The Bertz CT molecular complexity index is 228. The molecule has 0 aromatic rings. The van der Waals surface area contributed by atoms with Crippen molar-refractivity contribution >= 4 is 5.91 Å². The molecular weight excluding hydrogens is 228 g/mol. The highest BCUT2D eigenvalue weighted by Gasteiger charge is 2.17. The van der Waals surface area contributed by atoms with Crippen molar-refractivity contribution in [1.29, 1.82) is 0 Å². The van der Waals surface area contributed by atoms with Crippen molar-refractivity contribution in [2.24, 2.45) is 0 Å². The van der Waals surface area contributed by atoms with Crippen LogP contribution in [-0.4, -0.2) is 48.2 Å². The van der Waals surface area contributed by atoms with Crippen LogP contribution in [0.2, 0.25) is 0 Å². The smallest absolute Gasteiger partial charge is 0.234 e. The van der Waals surface area contributed by atoms with Gasteiger partial charge in [0, 0.05) is 12.6 Å². The number of carbonyl (C=O) groups excluding carboxylic acids is 1. The van der Waals surface area contributed by atoms with Gasteiger partial charge in [-0.15, -0.1) is 0 Å². The average Bonchev–Trinajstić information content (AvgIpc) is 2.37. The molecule has 106 valence electrons. The maximum atomic E-state index is 11.9. The zero-order valence-corrected chi connectivity index (χ0v) is 11.7. The molecule has 0 unspecified atom stereocenters. The molecule has 4 heteroatoms. The third-order valence-electron chi connectivity index (χ3n) is 3.58. The van der Waals surface area contributed by atoms with Gasteiger partial charge in [-0.1, -0.05) is 32.6 Å². The summed E-state index contributed by atoms with van der Waals surface area (Å²) in [4.78, 5) is 14.0. The minimum atomic E-state index is 0.117. The molecule has 1 rings (SSSR count). The van der Waals surface area contributed by atoms with Gasteiger partial charge < -0.3 is 10.4 Å². The minimum Gasteiger partial charge on any atom is -0.395 e. The lowest BCUT2D eigenvalue weighted by Gasteiger charge is -2.25. The Morgan fingerprint density at radius 3 is 2.61 bits per heavy atom. The van der Waals surface area contributed by atoms with Crippen molar-refractivity contribution in [3.63, 3.8) is 0 Å². The third-order valence-corrected chi connectivity index (χ3v) is 3.58. The van der Waals surface area contributed by atoms with E-state index in [0.717, 1.165) is 32.2 Å². The van der Waals surface area contributed by atoms with Crippen LogP contribution < -0.4 is 5.32 Å². The second-order valence-corrected chi connectivity index (χ2v) is 5.26. The summed E-state index contributed by atoms with van der Waals surface area (Å²) >= 11 is 0. The van der Waals surface area contributed by atoms with Crippen molar-refractivity contribution in [2.45, 2.75) is 57.9 Å². The number of aliphatic hydroxyl groups is 1. The molecule has 0 saturated heterocycles. The maximum Gasteiger partial charge on any atom is 0.234 e. The summed E-state index contributed by atoms with van der Waals surface area (Å²) in [6.07, 6.45) is 8.23. The maximum absolute atomic E-state index is 11.9. The third kappa shape index (κ3) is 6.36. The van der Waals surface area contributed by atoms with Crippen molar-refractivity contribution in [1.82, 2.24) is 10.2 Å². The predicted octanol–water partition coefficient (Wildman–Crippen LogP) is 1.53. The molecule has 0 bridgehead atoms. The van der Waals surface area contributed by atoms with E-state index in [1.807, 2.05) is 4.90 Å². The molecule has 0 aromatic carbocycles. The number of unbranched alkanes of at least 4 members (excludes halogenated alkanes) is 1. The summed E-state index contributed by atoms with van der Waals surface area (Å²) < 4.78 is 0. The summed E-state index contributed by atoms with van der Waals surface area (Å²) in [5.74, 6) is 0.117. The Balaban J connectivity index is 2.25. The molecule has 1 aliphatic rings. The number of rotatable bonds is 8. The number of hydrogen-bond acceptors (Lipinski definition) is 3. The lowest BCUT2D eigenvalue weighted by molar-refractivity contribution is -0.123. The van der Waals surface area contributed by atoms with Gasteiger partial charge in [-0.05, 0) is 25.8 Å². The van der Waals surface area contributed by atoms with Gasteiger partial charge >= 0.3 is 0 Å². The number of nitrogens with zero attached hydrogens (tertiary/aromatic N) is 1. The second kappa shape index (κ2) is 9.34. The molecule has 1 saturated carbocycles. The molecule has 0 atom stereocenters. The summed E-state index contributed by atoms with van der Waals surface area (Å²) in [5, 5.41) is 12.1. The normalized spacial score (nSPS) is 17.1. The first-order chi connectivity index (χ1) is 8.76. The van der Waals surface area contributed by atoms with Gasteiger partial charge in [0.2, 0.25) is 5.91 Å². The Morgan fingerprint density at radius 2 is 2.00 bits per heavy atom. The Kier molecular flexibility index (Phi) is 8.01. The van der Waals surface area contributed by atoms with E-state index in [4.69, 9.17) is 5.11 Å². The van der Waals surface area contributed by atoms with Crippen molar-refractivity contribution in [2.75, 3.05) is 26.2 Å². The molecule has 2 N–H and O–H groups in total. The summed E-state index contributed by atoms with van der Waals surface area (Å²) in [7, 11) is 0. The highest BCUT2D eigenvalue weighted by molar-refractivity contribution is 5.78. The zero-order chi connectivity index (χ0) is 13.2. The van der Waals surface area contributed by atoms with Crippen LogP contribution in [0.15, 0.2) is 0 Å². The van der Waals surface area contributed by atoms with E-state index in [1.54, 1.807) is 0 Å². The number of amides is 1. The number of aliphatic hydroxyl groups excluding tert-OH is 1. The quantitative estimate of drug-likeness (QED) is 0.692. The molecule has 18 heavy (non-hydrogen) atoms. The van der Waals surface area contributed by atoms with E-state index in [2.05, 4.69) is 12.2 Å². The first-order valence-corrected chi connectivity index (χ1v) is 7.38. The Morgan fingerprint density at radius 1 is 1.28 bits per heavy atom. The van der Waals surface area contributed by atoms with Crippen LogP contribution in [0.3, 0.4) is 0 Å². The van der Waals surface area contributed by atoms with Gasteiger partial charge in [0.25, 0.3) is 0 Å². The van der Waals surface area contributed by atoms with Crippen LogP contribution in [-0.2, 0) is 4.79 Å². The van der Waals surface area contributed by atoms with E-state index in [-0.39, 0.29) is 12.5 Å². The first-order valence-electron chi connectivity index (χ1n) is 7.38. The molecule has 0 heterocycles. The number of nitrogens with one attached hydrogen (secondary N) is 1. The highest BCUT2D eigenvalue weighted by Crippen LogP contribution is 2.17. The summed E-state index contributed by atoms with van der Waals surface area (Å²) in [6, 6.07) is 0.383. The molecule has 1 amide bonds. The van der Waals surface area contributed by atoms with Gasteiger partial charge in [-0.25, -0.2) is 0 Å². The van der Waals surface area contributed by atoms with Gasteiger partial charge in [-0.3, -0.25) is 9.69 Å². The van der Waals surface area contributed by atoms with E-state index < -0.39 is 0 Å². The second-order valence-electron chi connectivity index (χ2n) is 5.26. The zero-order valence-electron chi connectivity index (χ0n) is 11.7. The molecule has 0 aliphatic heterocycles. The van der Waals surface area contributed by atoms with Crippen LogP contribution in [0.5, 0.6) is 0 Å². The fraction of sp³-hybridized carbons (Fsp3) is 0.929. The van der Waals surface area contributed by atoms with Gasteiger partial charge in [0.15, 0.2) is 0 Å².